The lowest BCUT2D eigenvalue weighted by atomic mass is 10.3. The number of hydrogen-bond donors (Lipinski definition) is 1. The minimum absolute atomic E-state index is 0.120. The van der Waals surface area contributed by atoms with Gasteiger partial charge in [-0.15, -0.1) is 0 Å². The standard InChI is InChI=1S/C11H10ClN3O3/c1-15-8(12)5-14-9(15)6-18-7-3-2-4-13-10(7)11(16)17/h2-5H,6H2,1H3,(H,16,17). The van der Waals surface area contributed by atoms with Gasteiger partial charge in [-0.05, 0) is 12.1 Å². The maximum Gasteiger partial charge on any atom is 0.358 e. The molecule has 0 aromatic carbocycles. The Kier molecular flexibility index (Phi) is 3.47. The topological polar surface area (TPSA) is 77.2 Å². The number of rotatable bonds is 4. The average molecular weight is 268 g/mol. The molecule has 0 spiro atoms. The molecule has 2 heterocycles. The van der Waals surface area contributed by atoms with Gasteiger partial charge in [0.2, 0.25) is 0 Å². The average Bonchev–Trinajstić information content (AvgIpc) is 2.68. The molecule has 18 heavy (non-hydrogen) atoms. The Morgan fingerprint density at radius 3 is 2.94 bits per heavy atom. The van der Waals surface area contributed by atoms with Gasteiger partial charge in [0.1, 0.15) is 17.6 Å². The Bertz CT molecular complexity index is 583. The van der Waals surface area contributed by atoms with Crippen molar-refractivity contribution in [3.05, 3.63) is 41.2 Å². The van der Waals surface area contributed by atoms with E-state index in [9.17, 15) is 4.79 Å². The summed E-state index contributed by atoms with van der Waals surface area (Å²) in [4.78, 5) is 18.7. The molecule has 0 saturated heterocycles. The summed E-state index contributed by atoms with van der Waals surface area (Å²) in [5.41, 5.74) is -0.127. The smallest absolute Gasteiger partial charge is 0.358 e. The molecule has 0 bridgehead atoms. The summed E-state index contributed by atoms with van der Waals surface area (Å²) in [6.45, 7) is 0.120. The third kappa shape index (κ3) is 2.43. The molecule has 94 valence electrons. The zero-order valence-electron chi connectivity index (χ0n) is 9.50. The molecule has 2 aromatic rings. The molecular formula is C11H10ClN3O3. The van der Waals surface area contributed by atoms with Crippen LogP contribution in [-0.4, -0.2) is 25.6 Å². The van der Waals surface area contributed by atoms with Crippen molar-refractivity contribution in [1.29, 1.82) is 0 Å². The monoisotopic (exact) mass is 267 g/mol. The summed E-state index contributed by atoms with van der Waals surface area (Å²) < 4.78 is 7.04. The summed E-state index contributed by atoms with van der Waals surface area (Å²) in [7, 11) is 1.75. The highest BCUT2D eigenvalue weighted by molar-refractivity contribution is 6.29. The summed E-state index contributed by atoms with van der Waals surface area (Å²) >= 11 is 5.83. The molecule has 0 aliphatic carbocycles. The van der Waals surface area contributed by atoms with Crippen molar-refractivity contribution in [3.63, 3.8) is 0 Å². The first-order valence-corrected chi connectivity index (χ1v) is 5.44. The van der Waals surface area contributed by atoms with Crippen molar-refractivity contribution in [2.45, 2.75) is 6.61 Å². The predicted molar refractivity (Wildman–Crippen MR) is 63.7 cm³/mol. The maximum atomic E-state index is 10.9. The van der Waals surface area contributed by atoms with E-state index in [0.29, 0.717) is 11.0 Å². The quantitative estimate of drug-likeness (QED) is 0.913. The third-order valence-corrected chi connectivity index (χ3v) is 2.71. The van der Waals surface area contributed by atoms with Gasteiger partial charge in [-0.25, -0.2) is 14.8 Å². The number of carboxylic acids is 1. The van der Waals surface area contributed by atoms with Gasteiger partial charge in [0.15, 0.2) is 11.4 Å². The zero-order valence-corrected chi connectivity index (χ0v) is 10.3. The van der Waals surface area contributed by atoms with Crippen LogP contribution in [0.1, 0.15) is 16.3 Å². The Labute approximate surface area is 108 Å². The lowest BCUT2D eigenvalue weighted by molar-refractivity contribution is 0.0684. The Hall–Kier alpha value is -2.08. The molecule has 0 saturated carbocycles. The van der Waals surface area contributed by atoms with Crippen LogP contribution in [0.5, 0.6) is 5.75 Å². The predicted octanol–water partition coefficient (Wildman–Crippen LogP) is 1.75. The summed E-state index contributed by atoms with van der Waals surface area (Å²) in [5, 5.41) is 9.42. The molecule has 0 amide bonds. The molecule has 2 aromatic heterocycles. The largest absolute Gasteiger partial charge is 0.483 e. The number of imidazole rings is 1. The molecule has 0 radical (unpaired) electrons. The van der Waals surface area contributed by atoms with E-state index in [1.54, 1.807) is 23.7 Å². The second-order valence-electron chi connectivity index (χ2n) is 3.50. The van der Waals surface area contributed by atoms with Crippen molar-refractivity contribution >= 4 is 17.6 Å². The van der Waals surface area contributed by atoms with E-state index in [1.807, 2.05) is 0 Å². The van der Waals surface area contributed by atoms with Gasteiger partial charge in [-0.1, -0.05) is 11.6 Å². The lowest BCUT2D eigenvalue weighted by Crippen LogP contribution is -2.08. The molecule has 7 heteroatoms. The SMILES string of the molecule is Cn1c(Cl)cnc1COc1cccnc1C(=O)O. The second-order valence-corrected chi connectivity index (χ2v) is 3.89. The van der Waals surface area contributed by atoms with Gasteiger partial charge in [0.05, 0.1) is 6.20 Å². The van der Waals surface area contributed by atoms with Gasteiger partial charge in [-0.3, -0.25) is 0 Å². The number of halogens is 1. The van der Waals surface area contributed by atoms with Crippen LogP contribution >= 0.6 is 11.6 Å². The van der Waals surface area contributed by atoms with Crippen LogP contribution in [0.4, 0.5) is 0 Å². The zero-order chi connectivity index (χ0) is 13.1. The normalized spacial score (nSPS) is 10.3. The number of aromatic carboxylic acids is 1. The molecule has 0 unspecified atom stereocenters. The molecule has 0 aliphatic heterocycles. The van der Waals surface area contributed by atoms with Gasteiger partial charge in [0.25, 0.3) is 0 Å². The van der Waals surface area contributed by atoms with Crippen LogP contribution in [0, 0.1) is 0 Å². The van der Waals surface area contributed by atoms with Gasteiger partial charge < -0.3 is 14.4 Å². The minimum atomic E-state index is -1.14. The van der Waals surface area contributed by atoms with E-state index in [-0.39, 0.29) is 18.1 Å². The Balaban J connectivity index is 2.16. The number of pyridine rings is 1. The Morgan fingerprint density at radius 2 is 2.33 bits per heavy atom. The summed E-state index contributed by atoms with van der Waals surface area (Å²) in [5.74, 6) is -0.340. The van der Waals surface area contributed by atoms with Gasteiger partial charge in [-0.2, -0.15) is 0 Å². The van der Waals surface area contributed by atoms with Crippen molar-refractivity contribution in [3.8, 4) is 5.75 Å². The van der Waals surface area contributed by atoms with E-state index in [2.05, 4.69) is 9.97 Å². The number of hydrogen-bond acceptors (Lipinski definition) is 4. The van der Waals surface area contributed by atoms with E-state index in [4.69, 9.17) is 21.4 Å². The van der Waals surface area contributed by atoms with Crippen LogP contribution in [0.2, 0.25) is 5.15 Å². The maximum absolute atomic E-state index is 10.9. The molecular weight excluding hydrogens is 258 g/mol. The highest BCUT2D eigenvalue weighted by Crippen LogP contribution is 2.17. The Morgan fingerprint density at radius 1 is 1.56 bits per heavy atom. The fourth-order valence-electron chi connectivity index (χ4n) is 1.37. The first kappa shape index (κ1) is 12.4. The molecule has 0 fully saturated rings. The number of carboxylic acid groups (broad SMARTS) is 1. The number of nitrogens with zero attached hydrogens (tertiary/aromatic N) is 3. The number of aromatic nitrogens is 3. The highest BCUT2D eigenvalue weighted by Gasteiger charge is 2.13. The third-order valence-electron chi connectivity index (χ3n) is 2.36. The van der Waals surface area contributed by atoms with Gasteiger partial charge >= 0.3 is 5.97 Å². The van der Waals surface area contributed by atoms with Crippen LogP contribution in [0.15, 0.2) is 24.5 Å². The molecule has 6 nitrogen and oxygen atoms in total. The van der Waals surface area contributed by atoms with Crippen molar-refractivity contribution < 1.29 is 14.6 Å². The first-order chi connectivity index (χ1) is 8.59. The highest BCUT2D eigenvalue weighted by atomic mass is 35.5. The van der Waals surface area contributed by atoms with Crippen LogP contribution in [-0.2, 0) is 13.7 Å². The van der Waals surface area contributed by atoms with Crippen LogP contribution in [0.25, 0.3) is 0 Å². The number of carbonyl (C=O) groups is 1. The van der Waals surface area contributed by atoms with E-state index in [1.165, 1.54) is 12.4 Å². The van der Waals surface area contributed by atoms with E-state index < -0.39 is 5.97 Å². The number of ether oxygens (including phenoxy) is 1. The summed E-state index contributed by atoms with van der Waals surface area (Å²) in [6.07, 6.45) is 2.90. The van der Waals surface area contributed by atoms with Crippen LogP contribution < -0.4 is 4.74 Å². The van der Waals surface area contributed by atoms with E-state index >= 15 is 0 Å². The molecule has 2 rings (SSSR count). The van der Waals surface area contributed by atoms with Gasteiger partial charge in [0, 0.05) is 13.2 Å². The van der Waals surface area contributed by atoms with Crippen molar-refractivity contribution in [2.75, 3.05) is 0 Å². The lowest BCUT2D eigenvalue weighted by Gasteiger charge is -2.08. The minimum Gasteiger partial charge on any atom is -0.483 e. The van der Waals surface area contributed by atoms with Crippen LogP contribution in [0.3, 0.4) is 0 Å². The molecule has 0 aliphatic rings. The second kappa shape index (κ2) is 5.05. The van der Waals surface area contributed by atoms with Crippen molar-refractivity contribution in [2.24, 2.45) is 7.05 Å². The first-order valence-electron chi connectivity index (χ1n) is 5.07. The summed E-state index contributed by atoms with van der Waals surface area (Å²) in [6, 6.07) is 3.15. The van der Waals surface area contributed by atoms with Crippen molar-refractivity contribution in [1.82, 2.24) is 14.5 Å². The molecule has 0 atom stereocenters. The fourth-order valence-corrected chi connectivity index (χ4v) is 1.51. The molecule has 1 N–H and O–H groups in total. The van der Waals surface area contributed by atoms with E-state index in [0.717, 1.165) is 0 Å². The fraction of sp³-hybridized carbons (Fsp3) is 0.182.